The molecule has 0 spiro atoms. The van der Waals surface area contributed by atoms with Gasteiger partial charge in [-0.25, -0.2) is 0 Å². The zero-order valence-corrected chi connectivity index (χ0v) is 10.3. The maximum absolute atomic E-state index is 9.29. The maximum atomic E-state index is 9.29. The van der Waals surface area contributed by atoms with Crippen molar-refractivity contribution in [1.82, 2.24) is 4.90 Å². The van der Waals surface area contributed by atoms with E-state index in [1.165, 1.54) is 0 Å². The Kier molecular flexibility index (Phi) is 5.58. The van der Waals surface area contributed by atoms with E-state index in [1.54, 1.807) is 0 Å². The molecule has 0 amide bonds. The first-order chi connectivity index (χ1) is 7.15. The maximum Gasteiger partial charge on any atom is 0.0480 e. The van der Waals surface area contributed by atoms with E-state index in [9.17, 15) is 5.11 Å². The summed E-state index contributed by atoms with van der Waals surface area (Å²) in [7, 11) is 2.17. The average Bonchev–Trinajstić information content (AvgIpc) is 2.26. The SMILES string of the molecule is CC(C)C(CO)CN(C)C1CCOCC1. The molecule has 0 bridgehead atoms. The highest BCUT2D eigenvalue weighted by molar-refractivity contribution is 4.75. The fourth-order valence-corrected chi connectivity index (χ4v) is 2.12. The number of hydrogen-bond donors (Lipinski definition) is 1. The molecule has 90 valence electrons. The van der Waals surface area contributed by atoms with Crippen molar-refractivity contribution in [3.05, 3.63) is 0 Å². The molecular formula is C12H25NO2. The van der Waals surface area contributed by atoms with Crippen LogP contribution in [0, 0.1) is 11.8 Å². The predicted octanol–water partition coefficient (Wildman–Crippen LogP) is 1.36. The summed E-state index contributed by atoms with van der Waals surface area (Å²) in [5.41, 5.74) is 0. The zero-order chi connectivity index (χ0) is 11.3. The standard InChI is InChI=1S/C12H25NO2/c1-10(2)11(9-14)8-13(3)12-4-6-15-7-5-12/h10-12,14H,4-9H2,1-3H3. The minimum atomic E-state index is 0.297. The Balaban J connectivity index is 2.34. The van der Waals surface area contributed by atoms with Gasteiger partial charge in [-0.3, -0.25) is 0 Å². The third kappa shape index (κ3) is 4.09. The second kappa shape index (κ2) is 6.46. The summed E-state index contributed by atoms with van der Waals surface area (Å²) in [5.74, 6) is 0.954. The molecule has 3 nitrogen and oxygen atoms in total. The molecule has 1 unspecified atom stereocenters. The van der Waals surface area contributed by atoms with Gasteiger partial charge in [0, 0.05) is 32.4 Å². The lowest BCUT2D eigenvalue weighted by Crippen LogP contribution is -2.41. The minimum absolute atomic E-state index is 0.297. The second-order valence-electron chi connectivity index (χ2n) is 4.97. The highest BCUT2D eigenvalue weighted by atomic mass is 16.5. The summed E-state index contributed by atoms with van der Waals surface area (Å²) in [6, 6.07) is 0.645. The first-order valence-corrected chi connectivity index (χ1v) is 6.04. The van der Waals surface area contributed by atoms with Gasteiger partial charge in [-0.05, 0) is 31.7 Å². The lowest BCUT2D eigenvalue weighted by molar-refractivity contribution is 0.0305. The van der Waals surface area contributed by atoms with Crippen LogP contribution in [0.25, 0.3) is 0 Å². The van der Waals surface area contributed by atoms with Gasteiger partial charge in [-0.1, -0.05) is 13.8 Å². The van der Waals surface area contributed by atoms with Crippen LogP contribution in [0.2, 0.25) is 0 Å². The molecule has 0 saturated carbocycles. The molecule has 0 radical (unpaired) electrons. The van der Waals surface area contributed by atoms with E-state index in [-0.39, 0.29) is 0 Å². The molecule has 1 heterocycles. The summed E-state index contributed by atoms with van der Waals surface area (Å²) in [6.45, 7) is 7.43. The number of hydrogen-bond acceptors (Lipinski definition) is 3. The van der Waals surface area contributed by atoms with Gasteiger partial charge in [0.05, 0.1) is 0 Å². The smallest absolute Gasteiger partial charge is 0.0480 e. The van der Waals surface area contributed by atoms with Gasteiger partial charge in [0.2, 0.25) is 0 Å². The molecule has 1 fully saturated rings. The first kappa shape index (κ1) is 12.9. The molecule has 15 heavy (non-hydrogen) atoms. The second-order valence-corrected chi connectivity index (χ2v) is 4.97. The molecule has 0 aromatic rings. The summed E-state index contributed by atoms with van der Waals surface area (Å²) in [6.07, 6.45) is 2.26. The molecule has 1 saturated heterocycles. The molecule has 1 N–H and O–H groups in total. The van der Waals surface area contributed by atoms with Crippen molar-refractivity contribution in [3.8, 4) is 0 Å². The Morgan fingerprint density at radius 3 is 2.40 bits per heavy atom. The quantitative estimate of drug-likeness (QED) is 0.751. The number of rotatable bonds is 5. The van der Waals surface area contributed by atoms with Crippen LogP contribution in [0.15, 0.2) is 0 Å². The van der Waals surface area contributed by atoms with E-state index in [0.717, 1.165) is 32.6 Å². The zero-order valence-electron chi connectivity index (χ0n) is 10.3. The van der Waals surface area contributed by atoms with Crippen molar-refractivity contribution in [2.45, 2.75) is 32.7 Å². The molecule has 3 heteroatoms. The summed E-state index contributed by atoms with van der Waals surface area (Å²) in [4.78, 5) is 2.39. The van der Waals surface area contributed by atoms with Crippen LogP contribution in [0.5, 0.6) is 0 Å². The van der Waals surface area contributed by atoms with Crippen LogP contribution in [0.4, 0.5) is 0 Å². The molecule has 0 aliphatic carbocycles. The van der Waals surface area contributed by atoms with Gasteiger partial charge in [0.1, 0.15) is 0 Å². The van der Waals surface area contributed by atoms with Gasteiger partial charge >= 0.3 is 0 Å². The van der Waals surface area contributed by atoms with Crippen molar-refractivity contribution in [2.24, 2.45) is 11.8 Å². The highest BCUT2D eigenvalue weighted by Crippen LogP contribution is 2.17. The van der Waals surface area contributed by atoms with E-state index in [2.05, 4.69) is 25.8 Å². The van der Waals surface area contributed by atoms with Crippen LogP contribution in [-0.2, 0) is 4.74 Å². The summed E-state index contributed by atoms with van der Waals surface area (Å²) in [5, 5.41) is 9.29. The van der Waals surface area contributed by atoms with E-state index < -0.39 is 0 Å². The number of aliphatic hydroxyl groups is 1. The van der Waals surface area contributed by atoms with Gasteiger partial charge in [-0.2, -0.15) is 0 Å². The van der Waals surface area contributed by atoms with Crippen LogP contribution < -0.4 is 0 Å². The Morgan fingerprint density at radius 2 is 1.93 bits per heavy atom. The minimum Gasteiger partial charge on any atom is -0.396 e. The molecule has 1 rings (SSSR count). The Labute approximate surface area is 93.4 Å². The van der Waals surface area contributed by atoms with Gasteiger partial charge in [0.25, 0.3) is 0 Å². The largest absolute Gasteiger partial charge is 0.396 e. The predicted molar refractivity (Wildman–Crippen MR) is 61.9 cm³/mol. The molecular weight excluding hydrogens is 190 g/mol. The van der Waals surface area contributed by atoms with Gasteiger partial charge < -0.3 is 14.7 Å². The molecule has 1 aliphatic rings. The highest BCUT2D eigenvalue weighted by Gasteiger charge is 2.22. The van der Waals surface area contributed by atoms with E-state index in [0.29, 0.717) is 24.5 Å². The van der Waals surface area contributed by atoms with E-state index in [1.807, 2.05) is 0 Å². The van der Waals surface area contributed by atoms with Crippen molar-refractivity contribution in [3.63, 3.8) is 0 Å². The average molecular weight is 215 g/mol. The number of aliphatic hydroxyl groups excluding tert-OH is 1. The monoisotopic (exact) mass is 215 g/mol. The third-order valence-electron chi connectivity index (χ3n) is 3.51. The summed E-state index contributed by atoms with van der Waals surface area (Å²) >= 11 is 0. The molecule has 0 aromatic heterocycles. The molecule has 1 aliphatic heterocycles. The summed E-state index contributed by atoms with van der Waals surface area (Å²) < 4.78 is 5.35. The first-order valence-electron chi connectivity index (χ1n) is 6.04. The molecule has 1 atom stereocenters. The van der Waals surface area contributed by atoms with E-state index >= 15 is 0 Å². The fraction of sp³-hybridized carbons (Fsp3) is 1.00. The van der Waals surface area contributed by atoms with Gasteiger partial charge in [0.15, 0.2) is 0 Å². The van der Waals surface area contributed by atoms with Crippen molar-refractivity contribution in [1.29, 1.82) is 0 Å². The van der Waals surface area contributed by atoms with Crippen LogP contribution in [0.1, 0.15) is 26.7 Å². The van der Waals surface area contributed by atoms with Crippen molar-refractivity contribution in [2.75, 3.05) is 33.4 Å². The van der Waals surface area contributed by atoms with Crippen molar-refractivity contribution < 1.29 is 9.84 Å². The molecule has 0 aromatic carbocycles. The Hall–Kier alpha value is -0.120. The van der Waals surface area contributed by atoms with Crippen LogP contribution in [0.3, 0.4) is 0 Å². The fourth-order valence-electron chi connectivity index (χ4n) is 2.12. The number of nitrogens with zero attached hydrogens (tertiary/aromatic N) is 1. The van der Waals surface area contributed by atoms with Crippen molar-refractivity contribution >= 4 is 0 Å². The third-order valence-corrected chi connectivity index (χ3v) is 3.51. The Morgan fingerprint density at radius 1 is 1.33 bits per heavy atom. The van der Waals surface area contributed by atoms with Crippen LogP contribution >= 0.6 is 0 Å². The van der Waals surface area contributed by atoms with Crippen LogP contribution in [-0.4, -0.2) is 49.5 Å². The number of ether oxygens (including phenoxy) is 1. The normalized spacial score (nSPS) is 21.2. The lowest BCUT2D eigenvalue weighted by Gasteiger charge is -2.34. The van der Waals surface area contributed by atoms with E-state index in [4.69, 9.17) is 4.74 Å². The lowest BCUT2D eigenvalue weighted by atomic mass is 9.95. The Bertz CT molecular complexity index is 167. The van der Waals surface area contributed by atoms with Gasteiger partial charge in [-0.15, -0.1) is 0 Å². The topological polar surface area (TPSA) is 32.7 Å².